The van der Waals surface area contributed by atoms with E-state index in [1.807, 2.05) is 42.5 Å². The fourth-order valence-corrected chi connectivity index (χ4v) is 2.81. The summed E-state index contributed by atoms with van der Waals surface area (Å²) in [7, 11) is -3.13. The minimum absolute atomic E-state index is 0.106. The van der Waals surface area contributed by atoms with Crippen LogP contribution in [0.5, 0.6) is 0 Å². The molecule has 0 aliphatic rings. The lowest BCUT2D eigenvalue weighted by molar-refractivity contribution is 0.602. The van der Waals surface area contributed by atoms with Gasteiger partial charge in [0.25, 0.3) is 0 Å². The zero-order chi connectivity index (χ0) is 13.9. The van der Waals surface area contributed by atoms with Gasteiger partial charge in [0.15, 0.2) is 9.84 Å². The molecule has 2 nitrogen and oxygen atoms in total. The topological polar surface area (TPSA) is 34.1 Å². The van der Waals surface area contributed by atoms with Crippen LogP contribution in [-0.2, 0) is 16.3 Å². The van der Waals surface area contributed by atoms with Crippen LogP contribution in [0.3, 0.4) is 0 Å². The van der Waals surface area contributed by atoms with Crippen LogP contribution in [0.25, 0.3) is 0 Å². The molecule has 0 radical (unpaired) electrons. The Morgan fingerprint density at radius 3 is 2.11 bits per heavy atom. The van der Waals surface area contributed by atoms with Gasteiger partial charge in [-0.25, -0.2) is 8.42 Å². The molecule has 19 heavy (non-hydrogen) atoms. The van der Waals surface area contributed by atoms with Crippen LogP contribution in [0.1, 0.15) is 16.5 Å². The molecule has 0 aromatic heterocycles. The van der Waals surface area contributed by atoms with Crippen LogP contribution >= 0.6 is 11.6 Å². The Morgan fingerprint density at radius 1 is 1.00 bits per heavy atom. The molecule has 0 fully saturated rings. The Balaban J connectivity index is 2.12. The van der Waals surface area contributed by atoms with E-state index in [2.05, 4.69) is 0 Å². The average molecular weight is 295 g/mol. The molecule has 0 amide bonds. The SMILES string of the molecule is CS(=O)(=O)c1ccc(CC(Cl)c2ccccc2)cc1. The molecule has 0 saturated heterocycles. The predicted octanol–water partition coefficient (Wildman–Crippen LogP) is 3.61. The summed E-state index contributed by atoms with van der Waals surface area (Å²) in [5.41, 5.74) is 2.09. The van der Waals surface area contributed by atoms with Crippen molar-refractivity contribution < 1.29 is 8.42 Å². The molecular weight excluding hydrogens is 280 g/mol. The highest BCUT2D eigenvalue weighted by Crippen LogP contribution is 2.25. The van der Waals surface area contributed by atoms with Gasteiger partial charge in [-0.1, -0.05) is 42.5 Å². The zero-order valence-corrected chi connectivity index (χ0v) is 12.2. The summed E-state index contributed by atoms with van der Waals surface area (Å²) in [4.78, 5) is 0.335. The van der Waals surface area contributed by atoms with Crippen LogP contribution in [0.15, 0.2) is 59.5 Å². The third-order valence-corrected chi connectivity index (χ3v) is 4.46. The molecule has 2 aromatic carbocycles. The molecule has 1 unspecified atom stereocenters. The van der Waals surface area contributed by atoms with Gasteiger partial charge in [0.05, 0.1) is 10.3 Å². The first-order valence-electron chi connectivity index (χ1n) is 5.95. The molecule has 0 saturated carbocycles. The average Bonchev–Trinajstić information content (AvgIpc) is 2.39. The van der Waals surface area contributed by atoms with Gasteiger partial charge in [0, 0.05) is 6.26 Å². The maximum atomic E-state index is 11.4. The third kappa shape index (κ3) is 3.82. The standard InChI is InChI=1S/C15H15ClO2S/c1-19(17,18)14-9-7-12(8-10-14)11-15(16)13-5-3-2-4-6-13/h2-10,15H,11H2,1H3. The summed E-state index contributed by atoms with van der Waals surface area (Å²) >= 11 is 6.35. The fourth-order valence-electron chi connectivity index (χ4n) is 1.86. The van der Waals surface area contributed by atoms with E-state index >= 15 is 0 Å². The van der Waals surface area contributed by atoms with E-state index in [1.165, 1.54) is 6.26 Å². The summed E-state index contributed by atoms with van der Waals surface area (Å²) < 4.78 is 22.7. The molecule has 0 N–H and O–H groups in total. The quantitative estimate of drug-likeness (QED) is 0.807. The van der Waals surface area contributed by atoms with Crippen LogP contribution in [0.4, 0.5) is 0 Å². The van der Waals surface area contributed by atoms with Crippen molar-refractivity contribution in [2.24, 2.45) is 0 Å². The molecule has 0 spiro atoms. The molecule has 0 heterocycles. The predicted molar refractivity (Wildman–Crippen MR) is 78.3 cm³/mol. The minimum Gasteiger partial charge on any atom is -0.224 e. The van der Waals surface area contributed by atoms with Crippen LogP contribution in [0, 0.1) is 0 Å². The van der Waals surface area contributed by atoms with Gasteiger partial charge in [0.2, 0.25) is 0 Å². The van der Waals surface area contributed by atoms with Crippen LogP contribution in [0.2, 0.25) is 0 Å². The van der Waals surface area contributed by atoms with E-state index in [1.54, 1.807) is 12.1 Å². The van der Waals surface area contributed by atoms with Gasteiger partial charge in [-0.15, -0.1) is 11.6 Å². The van der Waals surface area contributed by atoms with Gasteiger partial charge in [0.1, 0.15) is 0 Å². The minimum atomic E-state index is -3.13. The van der Waals surface area contributed by atoms with E-state index in [9.17, 15) is 8.42 Å². The summed E-state index contributed by atoms with van der Waals surface area (Å²) in [5, 5.41) is -0.106. The molecule has 0 bridgehead atoms. The molecule has 100 valence electrons. The molecule has 0 aliphatic heterocycles. The number of sulfone groups is 1. The Hall–Kier alpha value is -1.32. The fraction of sp³-hybridized carbons (Fsp3) is 0.200. The van der Waals surface area contributed by atoms with Gasteiger partial charge >= 0.3 is 0 Å². The molecule has 2 rings (SSSR count). The maximum Gasteiger partial charge on any atom is 0.175 e. The highest BCUT2D eigenvalue weighted by molar-refractivity contribution is 7.90. The summed E-state index contributed by atoms with van der Waals surface area (Å²) in [6.07, 6.45) is 1.88. The number of benzene rings is 2. The van der Waals surface area contributed by atoms with E-state index in [4.69, 9.17) is 11.6 Å². The van der Waals surface area contributed by atoms with Crippen molar-refractivity contribution in [3.63, 3.8) is 0 Å². The van der Waals surface area contributed by atoms with Gasteiger partial charge < -0.3 is 0 Å². The second kappa shape index (κ2) is 5.76. The Labute approximate surface area is 119 Å². The lowest BCUT2D eigenvalue weighted by Crippen LogP contribution is -1.99. The second-order valence-electron chi connectivity index (χ2n) is 4.50. The lowest BCUT2D eigenvalue weighted by atomic mass is 10.0. The van der Waals surface area contributed by atoms with Crippen molar-refractivity contribution in [3.05, 3.63) is 65.7 Å². The monoisotopic (exact) mass is 294 g/mol. The van der Waals surface area contributed by atoms with Gasteiger partial charge in [-0.2, -0.15) is 0 Å². The zero-order valence-electron chi connectivity index (χ0n) is 10.6. The number of hydrogen-bond donors (Lipinski definition) is 0. The van der Waals surface area contributed by atoms with Crippen molar-refractivity contribution in [2.45, 2.75) is 16.7 Å². The Kier molecular flexibility index (Phi) is 4.27. The van der Waals surface area contributed by atoms with Crippen molar-refractivity contribution >= 4 is 21.4 Å². The largest absolute Gasteiger partial charge is 0.224 e. The Bertz CT molecular complexity index is 634. The van der Waals surface area contributed by atoms with Crippen molar-refractivity contribution in [3.8, 4) is 0 Å². The van der Waals surface area contributed by atoms with E-state index in [-0.39, 0.29) is 5.38 Å². The van der Waals surface area contributed by atoms with E-state index < -0.39 is 9.84 Å². The normalized spacial score (nSPS) is 13.2. The number of halogens is 1. The summed E-state index contributed by atoms with van der Waals surface area (Å²) in [5.74, 6) is 0. The number of hydrogen-bond acceptors (Lipinski definition) is 2. The first kappa shape index (κ1) is 14.1. The molecule has 4 heteroatoms. The highest BCUT2D eigenvalue weighted by Gasteiger charge is 2.10. The first-order chi connectivity index (χ1) is 8.97. The number of rotatable bonds is 4. The van der Waals surface area contributed by atoms with Gasteiger partial charge in [-0.3, -0.25) is 0 Å². The molecule has 1 atom stereocenters. The molecule has 0 aliphatic carbocycles. The third-order valence-electron chi connectivity index (χ3n) is 2.93. The summed E-state index contributed by atoms with van der Waals surface area (Å²) in [6.45, 7) is 0. The highest BCUT2D eigenvalue weighted by atomic mass is 35.5. The second-order valence-corrected chi connectivity index (χ2v) is 7.04. The number of alkyl halides is 1. The first-order valence-corrected chi connectivity index (χ1v) is 8.27. The smallest absolute Gasteiger partial charge is 0.175 e. The summed E-state index contributed by atoms with van der Waals surface area (Å²) in [6, 6.07) is 16.7. The Morgan fingerprint density at radius 2 is 1.58 bits per heavy atom. The molecular formula is C15H15ClO2S. The lowest BCUT2D eigenvalue weighted by Gasteiger charge is -2.10. The van der Waals surface area contributed by atoms with Gasteiger partial charge in [-0.05, 0) is 29.7 Å². The maximum absolute atomic E-state index is 11.4. The van der Waals surface area contributed by atoms with Crippen LogP contribution < -0.4 is 0 Å². The van der Waals surface area contributed by atoms with Crippen molar-refractivity contribution in [2.75, 3.05) is 6.26 Å². The van der Waals surface area contributed by atoms with E-state index in [0.717, 1.165) is 11.1 Å². The van der Waals surface area contributed by atoms with Crippen LogP contribution in [-0.4, -0.2) is 14.7 Å². The molecule has 2 aromatic rings. The van der Waals surface area contributed by atoms with E-state index in [0.29, 0.717) is 11.3 Å². The van der Waals surface area contributed by atoms with Crippen molar-refractivity contribution in [1.82, 2.24) is 0 Å². The van der Waals surface area contributed by atoms with Crippen molar-refractivity contribution in [1.29, 1.82) is 0 Å².